The highest BCUT2D eigenvalue weighted by Gasteiger charge is 2.35. The Kier molecular flexibility index (Phi) is 6.39. The molecule has 31 heavy (non-hydrogen) atoms. The third kappa shape index (κ3) is 4.58. The van der Waals surface area contributed by atoms with Crippen molar-refractivity contribution in [1.82, 2.24) is 15.0 Å². The summed E-state index contributed by atoms with van der Waals surface area (Å²) in [5.74, 6) is -0.984. The van der Waals surface area contributed by atoms with E-state index in [1.807, 2.05) is 0 Å². The van der Waals surface area contributed by atoms with Gasteiger partial charge < -0.3 is 4.74 Å². The van der Waals surface area contributed by atoms with Gasteiger partial charge in [-0.15, -0.1) is 5.10 Å². The summed E-state index contributed by atoms with van der Waals surface area (Å²) in [6, 6.07) is 10.7. The van der Waals surface area contributed by atoms with E-state index in [0.717, 1.165) is 28.9 Å². The van der Waals surface area contributed by atoms with Crippen molar-refractivity contribution < 1.29 is 22.9 Å². The van der Waals surface area contributed by atoms with Crippen LogP contribution in [0.1, 0.15) is 13.3 Å². The Morgan fingerprint density at radius 3 is 2.52 bits per heavy atom. The number of sulfone groups is 1. The van der Waals surface area contributed by atoms with Gasteiger partial charge in [-0.05, 0) is 37.6 Å². The number of nitrogens with zero attached hydrogens (tertiary/aromatic N) is 4. The molecule has 2 aromatic carbocycles. The first-order chi connectivity index (χ1) is 14.8. The van der Waals surface area contributed by atoms with Gasteiger partial charge in [-0.1, -0.05) is 17.3 Å². The molecule has 0 radical (unpaired) electrons. The van der Waals surface area contributed by atoms with E-state index in [9.17, 15) is 28.1 Å². The van der Waals surface area contributed by atoms with Crippen LogP contribution in [-0.4, -0.2) is 46.2 Å². The largest absolute Gasteiger partial charge is 0.465 e. The lowest BCUT2D eigenvalue weighted by Crippen LogP contribution is -2.35. The summed E-state index contributed by atoms with van der Waals surface area (Å²) in [7, 11) is -4.25. The van der Waals surface area contributed by atoms with Crippen molar-refractivity contribution in [3.63, 3.8) is 0 Å². The standard InChI is InChI=1S/C19H18N4O7S/c1-2-30-19(25)17(31(28,29)14-9-7-13(8-10-14)23(26)27)11-12-22-18(24)15-5-3-4-6-16(15)20-21-22/h3-10,17H,2,11-12H2,1H3. The summed E-state index contributed by atoms with van der Waals surface area (Å²) >= 11 is 0. The van der Waals surface area contributed by atoms with Gasteiger partial charge in [0.15, 0.2) is 15.1 Å². The van der Waals surface area contributed by atoms with Crippen LogP contribution in [0.15, 0.2) is 58.2 Å². The smallest absolute Gasteiger partial charge is 0.324 e. The van der Waals surface area contributed by atoms with Gasteiger partial charge in [0.2, 0.25) is 0 Å². The number of hydrogen-bond donors (Lipinski definition) is 0. The van der Waals surface area contributed by atoms with Crippen LogP contribution in [0.3, 0.4) is 0 Å². The quantitative estimate of drug-likeness (QED) is 0.285. The first kappa shape index (κ1) is 22.0. The highest BCUT2D eigenvalue weighted by molar-refractivity contribution is 7.92. The molecule has 0 bridgehead atoms. The number of nitro groups is 1. The number of esters is 1. The molecule has 3 rings (SSSR count). The van der Waals surface area contributed by atoms with Gasteiger partial charge in [0.05, 0.1) is 21.8 Å². The fourth-order valence-corrected chi connectivity index (χ4v) is 4.55. The van der Waals surface area contributed by atoms with Gasteiger partial charge in [0.25, 0.3) is 11.2 Å². The lowest BCUT2D eigenvalue weighted by atomic mass is 10.2. The van der Waals surface area contributed by atoms with Crippen molar-refractivity contribution >= 4 is 32.4 Å². The molecule has 0 fully saturated rings. The van der Waals surface area contributed by atoms with Gasteiger partial charge >= 0.3 is 5.97 Å². The highest BCUT2D eigenvalue weighted by atomic mass is 32.2. The van der Waals surface area contributed by atoms with Crippen molar-refractivity contribution in [1.29, 1.82) is 0 Å². The summed E-state index contributed by atoms with van der Waals surface area (Å²) in [5.41, 5.74) is -0.366. The molecule has 0 spiro atoms. The lowest BCUT2D eigenvalue weighted by Gasteiger charge is -2.16. The Morgan fingerprint density at radius 1 is 1.19 bits per heavy atom. The summed E-state index contributed by atoms with van der Waals surface area (Å²) < 4.78 is 32.0. The van der Waals surface area contributed by atoms with E-state index < -0.39 is 31.5 Å². The summed E-state index contributed by atoms with van der Waals surface area (Å²) in [5, 5.41) is 17.2. The number of carbonyl (C=O) groups excluding carboxylic acids is 1. The van der Waals surface area contributed by atoms with Crippen LogP contribution in [0.25, 0.3) is 10.9 Å². The maximum atomic E-state index is 13.1. The Bertz CT molecular complexity index is 1290. The van der Waals surface area contributed by atoms with Crippen LogP contribution in [0, 0.1) is 10.1 Å². The van der Waals surface area contributed by atoms with Crippen molar-refractivity contribution in [3.8, 4) is 0 Å². The average molecular weight is 446 g/mol. The second kappa shape index (κ2) is 9.00. The Morgan fingerprint density at radius 2 is 1.87 bits per heavy atom. The Hall–Kier alpha value is -3.67. The molecule has 1 atom stereocenters. The van der Waals surface area contributed by atoms with Gasteiger partial charge in [-0.2, -0.15) is 0 Å². The number of benzene rings is 2. The molecule has 0 amide bonds. The SMILES string of the molecule is CCOC(=O)C(CCn1nnc2ccccc2c1=O)S(=O)(=O)c1ccc([N+](=O)[O-])cc1. The van der Waals surface area contributed by atoms with Gasteiger partial charge in [-0.25, -0.2) is 13.1 Å². The Balaban J connectivity index is 1.92. The predicted octanol–water partition coefficient (Wildman–Crippen LogP) is 1.50. The molecule has 0 aliphatic rings. The van der Waals surface area contributed by atoms with Gasteiger partial charge in [0.1, 0.15) is 5.52 Å². The molecular weight excluding hydrogens is 428 g/mol. The van der Waals surface area contributed by atoms with E-state index in [1.54, 1.807) is 24.3 Å². The molecule has 0 saturated carbocycles. The third-order valence-electron chi connectivity index (χ3n) is 4.53. The zero-order valence-corrected chi connectivity index (χ0v) is 17.2. The van der Waals surface area contributed by atoms with Crippen molar-refractivity contribution in [2.75, 3.05) is 6.61 Å². The molecule has 162 valence electrons. The molecule has 0 aliphatic carbocycles. The minimum atomic E-state index is -4.25. The fourth-order valence-electron chi connectivity index (χ4n) is 2.97. The summed E-state index contributed by atoms with van der Waals surface area (Å²) in [6.07, 6.45) is -0.301. The molecule has 1 unspecified atom stereocenters. The number of non-ortho nitro benzene ring substituents is 1. The zero-order valence-electron chi connectivity index (χ0n) is 16.4. The van der Waals surface area contributed by atoms with Crippen molar-refractivity contribution in [2.45, 2.75) is 30.0 Å². The number of carbonyl (C=O) groups is 1. The lowest BCUT2D eigenvalue weighted by molar-refractivity contribution is -0.384. The third-order valence-corrected chi connectivity index (χ3v) is 6.64. The minimum Gasteiger partial charge on any atom is -0.465 e. The van der Waals surface area contributed by atoms with E-state index in [2.05, 4.69) is 10.3 Å². The second-order valence-electron chi connectivity index (χ2n) is 6.46. The Labute approximate surface area is 176 Å². The first-order valence-corrected chi connectivity index (χ1v) is 10.8. The van der Waals surface area contributed by atoms with Crippen LogP contribution in [0.5, 0.6) is 0 Å². The van der Waals surface area contributed by atoms with E-state index in [-0.39, 0.29) is 30.2 Å². The number of hydrogen-bond acceptors (Lipinski definition) is 9. The molecule has 0 N–H and O–H groups in total. The number of rotatable bonds is 8. The monoisotopic (exact) mass is 446 g/mol. The maximum Gasteiger partial charge on any atom is 0.324 e. The molecule has 12 heteroatoms. The normalized spacial score (nSPS) is 12.4. The van der Waals surface area contributed by atoms with Gasteiger partial charge in [-0.3, -0.25) is 19.7 Å². The van der Waals surface area contributed by atoms with Crippen LogP contribution < -0.4 is 5.56 Å². The zero-order chi connectivity index (χ0) is 22.6. The van der Waals surface area contributed by atoms with Crippen molar-refractivity contribution in [3.05, 3.63) is 69.0 Å². The molecule has 3 aromatic rings. The molecule has 1 heterocycles. The van der Waals surface area contributed by atoms with Crippen LogP contribution >= 0.6 is 0 Å². The van der Waals surface area contributed by atoms with E-state index in [1.165, 1.54) is 6.92 Å². The van der Waals surface area contributed by atoms with E-state index in [4.69, 9.17) is 4.74 Å². The maximum absolute atomic E-state index is 13.1. The van der Waals surface area contributed by atoms with E-state index in [0.29, 0.717) is 10.9 Å². The number of fused-ring (bicyclic) bond motifs is 1. The molecule has 0 saturated heterocycles. The molecule has 0 aliphatic heterocycles. The van der Waals surface area contributed by atoms with Crippen LogP contribution in [0.2, 0.25) is 0 Å². The summed E-state index contributed by atoms with van der Waals surface area (Å²) in [6.45, 7) is 1.29. The fraction of sp³-hybridized carbons (Fsp3) is 0.263. The van der Waals surface area contributed by atoms with Gasteiger partial charge in [0, 0.05) is 18.7 Å². The minimum absolute atomic E-state index is 0.0408. The van der Waals surface area contributed by atoms with E-state index >= 15 is 0 Å². The number of ether oxygens (including phenoxy) is 1. The molecule has 11 nitrogen and oxygen atoms in total. The molecular formula is C19H18N4O7S. The number of aromatic nitrogens is 3. The topological polar surface area (TPSA) is 151 Å². The molecule has 1 aromatic heterocycles. The second-order valence-corrected chi connectivity index (χ2v) is 8.59. The number of nitro benzene ring substituents is 1. The predicted molar refractivity (Wildman–Crippen MR) is 109 cm³/mol. The first-order valence-electron chi connectivity index (χ1n) is 9.23. The summed E-state index contributed by atoms with van der Waals surface area (Å²) in [4.78, 5) is 34.9. The highest BCUT2D eigenvalue weighted by Crippen LogP contribution is 2.23. The number of aryl methyl sites for hydroxylation is 1. The van der Waals surface area contributed by atoms with Crippen LogP contribution in [0.4, 0.5) is 5.69 Å². The van der Waals surface area contributed by atoms with Crippen molar-refractivity contribution in [2.24, 2.45) is 0 Å². The van der Waals surface area contributed by atoms with Crippen LogP contribution in [-0.2, 0) is 25.9 Å². The average Bonchev–Trinajstić information content (AvgIpc) is 2.75.